The minimum atomic E-state index is -0.337. The number of methoxy groups -OCH3 is 1. The number of aromatic nitrogens is 1. The average Bonchev–Trinajstić information content (AvgIpc) is 2.99. The molecule has 2 heterocycles. The summed E-state index contributed by atoms with van der Waals surface area (Å²) in [7, 11) is 1.42. The summed E-state index contributed by atoms with van der Waals surface area (Å²) in [4.78, 5) is 28.8. The molecular weight excluding hydrogens is 316 g/mol. The monoisotopic (exact) mass is 338 g/mol. The van der Waals surface area contributed by atoms with E-state index in [1.54, 1.807) is 0 Å². The number of piperidine rings is 1. The maximum Gasteiger partial charge on any atom is 0.310 e. The number of para-hydroxylation sites is 1. The SMILES string of the molecule is C/C=C1\CN[C@H]2Cc3c([nH]c4ccccc34)C(=O)C[C@H]1C2C(=O)OC. The van der Waals surface area contributed by atoms with Crippen LogP contribution < -0.4 is 5.32 Å². The van der Waals surface area contributed by atoms with E-state index in [0.29, 0.717) is 25.1 Å². The number of benzene rings is 1. The number of fused-ring (bicyclic) bond motifs is 5. The lowest BCUT2D eigenvalue weighted by atomic mass is 9.71. The molecular formula is C20H22N2O3. The van der Waals surface area contributed by atoms with Crippen molar-refractivity contribution in [3.8, 4) is 0 Å². The molecule has 0 radical (unpaired) electrons. The lowest BCUT2D eigenvalue weighted by Crippen LogP contribution is -2.53. The number of nitrogens with one attached hydrogen (secondary N) is 2. The molecule has 0 amide bonds. The number of Topliss-reactive ketones (excluding diaryl/α,β-unsaturated/α-hetero) is 1. The van der Waals surface area contributed by atoms with Crippen LogP contribution in [0.2, 0.25) is 0 Å². The summed E-state index contributed by atoms with van der Waals surface area (Å²) in [6.07, 6.45) is 2.99. The van der Waals surface area contributed by atoms with Crippen molar-refractivity contribution in [3.05, 3.63) is 47.2 Å². The van der Waals surface area contributed by atoms with E-state index in [2.05, 4.69) is 10.3 Å². The van der Waals surface area contributed by atoms with Crippen molar-refractivity contribution in [2.45, 2.75) is 25.8 Å². The molecule has 1 fully saturated rings. The molecule has 25 heavy (non-hydrogen) atoms. The summed E-state index contributed by atoms with van der Waals surface area (Å²) in [6.45, 7) is 2.67. The van der Waals surface area contributed by atoms with Crippen molar-refractivity contribution >= 4 is 22.7 Å². The Bertz CT molecular complexity index is 880. The maximum atomic E-state index is 13.0. The van der Waals surface area contributed by atoms with Gasteiger partial charge in [-0.3, -0.25) is 9.59 Å². The van der Waals surface area contributed by atoms with E-state index in [9.17, 15) is 9.59 Å². The minimum absolute atomic E-state index is 0.0350. The third-order valence-electron chi connectivity index (χ3n) is 5.68. The Kier molecular flexibility index (Phi) is 3.96. The number of aromatic amines is 1. The van der Waals surface area contributed by atoms with E-state index >= 15 is 0 Å². The van der Waals surface area contributed by atoms with Crippen molar-refractivity contribution in [1.29, 1.82) is 0 Å². The molecule has 0 spiro atoms. The van der Waals surface area contributed by atoms with Crippen LogP contribution in [0.5, 0.6) is 0 Å². The van der Waals surface area contributed by atoms with Crippen LogP contribution in [0.3, 0.4) is 0 Å². The summed E-state index contributed by atoms with van der Waals surface area (Å²) >= 11 is 0. The molecule has 2 aliphatic rings. The number of rotatable bonds is 1. The van der Waals surface area contributed by atoms with Gasteiger partial charge in [0, 0.05) is 35.8 Å². The largest absolute Gasteiger partial charge is 0.469 e. The van der Waals surface area contributed by atoms with E-state index < -0.39 is 0 Å². The molecule has 0 saturated carbocycles. The maximum absolute atomic E-state index is 13.0. The minimum Gasteiger partial charge on any atom is -0.469 e. The van der Waals surface area contributed by atoms with Crippen LogP contribution in [-0.2, 0) is 16.0 Å². The van der Waals surface area contributed by atoms with Gasteiger partial charge in [0.1, 0.15) is 0 Å². The van der Waals surface area contributed by atoms with Crippen molar-refractivity contribution in [2.75, 3.05) is 13.7 Å². The van der Waals surface area contributed by atoms with Crippen LogP contribution in [0, 0.1) is 11.8 Å². The molecule has 3 atom stereocenters. The molecule has 4 rings (SSSR count). The van der Waals surface area contributed by atoms with E-state index in [-0.39, 0.29) is 29.6 Å². The van der Waals surface area contributed by atoms with Crippen molar-refractivity contribution < 1.29 is 14.3 Å². The number of carbonyl (C=O) groups excluding carboxylic acids is 2. The van der Waals surface area contributed by atoms with Crippen LogP contribution in [0.25, 0.3) is 10.9 Å². The standard InChI is InChI=1S/C20H22N2O3/c1-3-11-10-21-16-8-14-12-6-4-5-7-15(12)22-19(14)17(23)9-13(11)18(16)20(24)25-2/h3-7,13,16,18,21-22H,8-10H2,1-2H3/b11-3+/t13-,16+,18?/m1/s1. The van der Waals surface area contributed by atoms with Gasteiger partial charge in [0.15, 0.2) is 5.78 Å². The molecule has 130 valence electrons. The number of H-pyrrole nitrogens is 1. The van der Waals surface area contributed by atoms with E-state index in [0.717, 1.165) is 22.0 Å². The highest BCUT2D eigenvalue weighted by molar-refractivity contribution is 6.03. The highest BCUT2D eigenvalue weighted by Gasteiger charge is 2.44. The predicted octanol–water partition coefficient (Wildman–Crippen LogP) is 2.62. The number of carbonyl (C=O) groups is 2. The number of allylic oxidation sites excluding steroid dienone is 1. The predicted molar refractivity (Wildman–Crippen MR) is 95.5 cm³/mol. The lowest BCUT2D eigenvalue weighted by molar-refractivity contribution is -0.148. The van der Waals surface area contributed by atoms with Gasteiger partial charge in [0.2, 0.25) is 0 Å². The molecule has 2 N–H and O–H groups in total. The highest BCUT2D eigenvalue weighted by Crippen LogP contribution is 2.38. The first-order valence-electron chi connectivity index (χ1n) is 8.73. The lowest BCUT2D eigenvalue weighted by Gasteiger charge is -2.40. The van der Waals surface area contributed by atoms with E-state index in [4.69, 9.17) is 4.74 Å². The normalized spacial score (nSPS) is 27.7. The molecule has 2 bridgehead atoms. The third-order valence-corrected chi connectivity index (χ3v) is 5.68. The van der Waals surface area contributed by atoms with Crippen molar-refractivity contribution in [1.82, 2.24) is 10.3 Å². The fourth-order valence-corrected chi connectivity index (χ4v) is 4.43. The van der Waals surface area contributed by atoms with Gasteiger partial charge in [-0.25, -0.2) is 0 Å². The molecule has 1 aromatic carbocycles. The average molecular weight is 338 g/mol. The Labute approximate surface area is 146 Å². The first kappa shape index (κ1) is 16.1. The van der Waals surface area contributed by atoms with Gasteiger partial charge in [0.05, 0.1) is 18.7 Å². The molecule has 5 nitrogen and oxygen atoms in total. The number of ether oxygens (including phenoxy) is 1. The second-order valence-electron chi connectivity index (χ2n) is 6.86. The first-order valence-corrected chi connectivity index (χ1v) is 8.73. The zero-order chi connectivity index (χ0) is 17.6. The van der Waals surface area contributed by atoms with Crippen LogP contribution in [0.4, 0.5) is 0 Å². The van der Waals surface area contributed by atoms with Gasteiger partial charge in [0.25, 0.3) is 0 Å². The molecule has 2 aromatic rings. The van der Waals surface area contributed by atoms with Gasteiger partial charge >= 0.3 is 5.97 Å². The Morgan fingerprint density at radius 1 is 1.28 bits per heavy atom. The fraction of sp³-hybridized carbons (Fsp3) is 0.400. The third kappa shape index (κ3) is 2.50. The van der Waals surface area contributed by atoms with E-state index in [1.807, 2.05) is 37.3 Å². The Balaban J connectivity index is 1.87. The van der Waals surface area contributed by atoms with Gasteiger partial charge in [-0.1, -0.05) is 29.8 Å². The first-order chi connectivity index (χ1) is 12.1. The smallest absolute Gasteiger partial charge is 0.310 e. The van der Waals surface area contributed by atoms with Crippen LogP contribution in [0.1, 0.15) is 29.4 Å². The Hall–Kier alpha value is -2.40. The summed E-state index contributed by atoms with van der Waals surface area (Å²) in [5.74, 6) is -0.603. The molecule has 1 saturated heterocycles. The van der Waals surface area contributed by atoms with Crippen LogP contribution in [-0.4, -0.2) is 36.4 Å². The second-order valence-corrected chi connectivity index (χ2v) is 6.86. The van der Waals surface area contributed by atoms with Gasteiger partial charge in [-0.05, 0) is 25.0 Å². The topological polar surface area (TPSA) is 71.2 Å². The number of hydrogen-bond acceptors (Lipinski definition) is 4. The molecule has 1 aliphatic carbocycles. The molecule has 5 heteroatoms. The highest BCUT2D eigenvalue weighted by atomic mass is 16.5. The zero-order valence-electron chi connectivity index (χ0n) is 14.5. The Morgan fingerprint density at radius 3 is 2.84 bits per heavy atom. The van der Waals surface area contributed by atoms with Gasteiger partial charge in [-0.2, -0.15) is 0 Å². The summed E-state index contributed by atoms with van der Waals surface area (Å²) in [5, 5.41) is 4.56. The Morgan fingerprint density at radius 2 is 2.08 bits per heavy atom. The molecule has 1 unspecified atom stereocenters. The van der Waals surface area contributed by atoms with E-state index in [1.165, 1.54) is 7.11 Å². The number of ketones is 1. The quantitative estimate of drug-likeness (QED) is 0.619. The fourth-order valence-electron chi connectivity index (χ4n) is 4.43. The van der Waals surface area contributed by atoms with Crippen LogP contribution in [0.15, 0.2) is 35.9 Å². The number of hydrogen-bond donors (Lipinski definition) is 2. The van der Waals surface area contributed by atoms with Crippen molar-refractivity contribution in [3.63, 3.8) is 0 Å². The zero-order valence-corrected chi connectivity index (χ0v) is 14.5. The van der Waals surface area contributed by atoms with Gasteiger partial charge < -0.3 is 15.0 Å². The van der Waals surface area contributed by atoms with Crippen LogP contribution >= 0.6 is 0 Å². The molecule has 1 aromatic heterocycles. The second kappa shape index (κ2) is 6.15. The van der Waals surface area contributed by atoms with Crippen molar-refractivity contribution in [2.24, 2.45) is 11.8 Å². The summed E-state index contributed by atoms with van der Waals surface area (Å²) in [6, 6.07) is 7.92. The molecule has 1 aliphatic heterocycles. The summed E-state index contributed by atoms with van der Waals surface area (Å²) < 4.78 is 5.08. The van der Waals surface area contributed by atoms with Gasteiger partial charge in [-0.15, -0.1) is 0 Å². The number of esters is 1. The summed E-state index contributed by atoms with van der Waals surface area (Å²) in [5.41, 5.74) is 3.78.